The summed E-state index contributed by atoms with van der Waals surface area (Å²) in [5, 5.41) is 1.36. The molecule has 1 aromatic carbocycles. The van der Waals surface area contributed by atoms with Crippen LogP contribution in [0.5, 0.6) is 0 Å². The van der Waals surface area contributed by atoms with Crippen LogP contribution in [-0.2, 0) is 11.0 Å². The SMILES string of the molecule is CC(C)(C)c1cn(C(C)(C)C)c2cc(Br)ccc12. The second-order valence-corrected chi connectivity index (χ2v) is 7.91. The van der Waals surface area contributed by atoms with E-state index in [0.29, 0.717) is 0 Å². The number of nitrogens with zero attached hydrogens (tertiary/aromatic N) is 1. The van der Waals surface area contributed by atoms with Crippen LogP contribution < -0.4 is 0 Å². The molecule has 0 aliphatic heterocycles. The van der Waals surface area contributed by atoms with Gasteiger partial charge in [0.2, 0.25) is 0 Å². The summed E-state index contributed by atoms with van der Waals surface area (Å²) in [6, 6.07) is 6.57. The Hall–Kier alpha value is -0.760. The molecule has 0 amide bonds. The average Bonchev–Trinajstić information content (AvgIpc) is 2.54. The van der Waals surface area contributed by atoms with Crippen molar-refractivity contribution in [2.45, 2.75) is 52.5 Å². The molecule has 0 saturated heterocycles. The summed E-state index contributed by atoms with van der Waals surface area (Å²) in [6.07, 6.45) is 2.32. The van der Waals surface area contributed by atoms with E-state index in [1.54, 1.807) is 0 Å². The Labute approximate surface area is 118 Å². The second-order valence-electron chi connectivity index (χ2n) is 7.00. The molecule has 0 saturated carbocycles. The van der Waals surface area contributed by atoms with Gasteiger partial charge in [-0.3, -0.25) is 0 Å². The minimum absolute atomic E-state index is 0.0997. The van der Waals surface area contributed by atoms with Crippen molar-refractivity contribution in [1.82, 2.24) is 4.57 Å². The Morgan fingerprint density at radius 1 is 1.00 bits per heavy atom. The summed E-state index contributed by atoms with van der Waals surface area (Å²) in [6.45, 7) is 13.6. The van der Waals surface area contributed by atoms with Gasteiger partial charge in [-0.05, 0) is 43.9 Å². The van der Waals surface area contributed by atoms with Gasteiger partial charge in [-0.25, -0.2) is 0 Å². The van der Waals surface area contributed by atoms with Gasteiger partial charge in [-0.2, -0.15) is 0 Å². The van der Waals surface area contributed by atoms with Crippen LogP contribution in [0.4, 0.5) is 0 Å². The number of aromatic nitrogens is 1. The molecule has 98 valence electrons. The third-order valence-corrected chi connectivity index (χ3v) is 3.79. The third kappa shape index (κ3) is 2.35. The van der Waals surface area contributed by atoms with Crippen LogP contribution in [0.15, 0.2) is 28.9 Å². The highest BCUT2D eigenvalue weighted by atomic mass is 79.9. The topological polar surface area (TPSA) is 4.93 Å². The molecule has 0 N–H and O–H groups in total. The quantitative estimate of drug-likeness (QED) is 0.609. The van der Waals surface area contributed by atoms with E-state index < -0.39 is 0 Å². The lowest BCUT2D eigenvalue weighted by Crippen LogP contribution is -2.21. The van der Waals surface area contributed by atoms with Gasteiger partial charge in [0.25, 0.3) is 0 Å². The van der Waals surface area contributed by atoms with Crippen LogP contribution in [-0.4, -0.2) is 4.57 Å². The van der Waals surface area contributed by atoms with Gasteiger partial charge >= 0.3 is 0 Å². The normalized spacial score (nSPS) is 13.3. The second kappa shape index (κ2) is 4.12. The van der Waals surface area contributed by atoms with Gasteiger partial charge in [0.05, 0.1) is 0 Å². The van der Waals surface area contributed by atoms with Crippen LogP contribution in [0.3, 0.4) is 0 Å². The van der Waals surface area contributed by atoms with E-state index in [4.69, 9.17) is 0 Å². The zero-order chi connectivity index (χ0) is 13.7. The predicted octanol–water partition coefficient (Wildman–Crippen LogP) is 5.46. The molecule has 0 radical (unpaired) electrons. The third-order valence-electron chi connectivity index (χ3n) is 3.30. The number of benzene rings is 1. The molecule has 0 atom stereocenters. The van der Waals surface area contributed by atoms with Crippen molar-refractivity contribution in [3.8, 4) is 0 Å². The lowest BCUT2D eigenvalue weighted by atomic mass is 9.87. The van der Waals surface area contributed by atoms with Crippen LogP contribution in [0.2, 0.25) is 0 Å². The largest absolute Gasteiger partial charge is 0.342 e. The van der Waals surface area contributed by atoms with Crippen molar-refractivity contribution in [3.05, 3.63) is 34.4 Å². The van der Waals surface area contributed by atoms with E-state index in [0.717, 1.165) is 4.47 Å². The smallest absolute Gasteiger partial charge is 0.0499 e. The summed E-state index contributed by atoms with van der Waals surface area (Å²) >= 11 is 3.58. The highest BCUT2D eigenvalue weighted by Crippen LogP contribution is 2.35. The van der Waals surface area contributed by atoms with Gasteiger partial charge in [0.1, 0.15) is 0 Å². The van der Waals surface area contributed by atoms with Crippen molar-refractivity contribution >= 4 is 26.8 Å². The molecule has 1 aromatic heterocycles. The van der Waals surface area contributed by atoms with Crippen molar-refractivity contribution in [2.75, 3.05) is 0 Å². The standard InChI is InChI=1S/C16H22BrN/c1-15(2,3)13-10-18(16(4,5)6)14-9-11(17)7-8-12(13)14/h7-10H,1-6H3. The number of hydrogen-bond acceptors (Lipinski definition) is 0. The Morgan fingerprint density at radius 2 is 1.61 bits per heavy atom. The van der Waals surface area contributed by atoms with Gasteiger partial charge in [0, 0.05) is 27.1 Å². The molecule has 2 aromatic rings. The van der Waals surface area contributed by atoms with Crippen LogP contribution in [0, 0.1) is 0 Å². The van der Waals surface area contributed by atoms with Crippen molar-refractivity contribution < 1.29 is 0 Å². The van der Waals surface area contributed by atoms with E-state index in [1.165, 1.54) is 16.5 Å². The fraction of sp³-hybridized carbons (Fsp3) is 0.500. The van der Waals surface area contributed by atoms with Crippen molar-refractivity contribution in [3.63, 3.8) is 0 Å². The van der Waals surface area contributed by atoms with Crippen LogP contribution >= 0.6 is 15.9 Å². The van der Waals surface area contributed by atoms with Crippen LogP contribution in [0.25, 0.3) is 10.9 Å². The Bertz CT molecular complexity index is 579. The first kappa shape index (κ1) is 13.7. The van der Waals surface area contributed by atoms with Gasteiger partial charge in [-0.1, -0.05) is 42.8 Å². The van der Waals surface area contributed by atoms with Crippen LogP contribution in [0.1, 0.15) is 47.1 Å². The minimum Gasteiger partial charge on any atom is -0.342 e. The number of rotatable bonds is 0. The molecule has 0 bridgehead atoms. The minimum atomic E-state index is 0.0997. The monoisotopic (exact) mass is 307 g/mol. The van der Waals surface area contributed by atoms with Crippen molar-refractivity contribution in [1.29, 1.82) is 0 Å². The molecule has 18 heavy (non-hydrogen) atoms. The maximum atomic E-state index is 3.58. The highest BCUT2D eigenvalue weighted by molar-refractivity contribution is 9.10. The average molecular weight is 308 g/mol. The lowest BCUT2D eigenvalue weighted by molar-refractivity contribution is 0.408. The summed E-state index contributed by atoms with van der Waals surface area (Å²) in [7, 11) is 0. The fourth-order valence-electron chi connectivity index (χ4n) is 2.35. The van der Waals surface area contributed by atoms with Gasteiger partial charge in [-0.15, -0.1) is 0 Å². The number of halogens is 1. The zero-order valence-electron chi connectivity index (χ0n) is 12.1. The molecule has 2 heteroatoms. The molecule has 0 aliphatic carbocycles. The first-order chi connectivity index (χ1) is 8.10. The molecular weight excluding hydrogens is 286 g/mol. The predicted molar refractivity (Wildman–Crippen MR) is 83.3 cm³/mol. The molecule has 1 nitrogen and oxygen atoms in total. The molecule has 0 unspecified atom stereocenters. The van der Waals surface area contributed by atoms with E-state index >= 15 is 0 Å². The van der Waals surface area contributed by atoms with E-state index in [2.05, 4.69) is 86.4 Å². The van der Waals surface area contributed by atoms with Crippen molar-refractivity contribution in [2.24, 2.45) is 0 Å². The van der Waals surface area contributed by atoms with Gasteiger partial charge in [0.15, 0.2) is 0 Å². The maximum absolute atomic E-state index is 3.58. The Balaban J connectivity index is 2.84. The van der Waals surface area contributed by atoms with E-state index in [9.17, 15) is 0 Å². The molecular formula is C16H22BrN. The van der Waals surface area contributed by atoms with E-state index in [1.807, 2.05) is 0 Å². The summed E-state index contributed by atoms with van der Waals surface area (Å²) < 4.78 is 3.52. The molecule has 0 fully saturated rings. The maximum Gasteiger partial charge on any atom is 0.0499 e. The Morgan fingerprint density at radius 3 is 2.11 bits per heavy atom. The molecule has 0 spiro atoms. The summed E-state index contributed by atoms with van der Waals surface area (Å²) in [5.41, 5.74) is 2.99. The fourth-order valence-corrected chi connectivity index (χ4v) is 2.70. The zero-order valence-corrected chi connectivity index (χ0v) is 13.7. The molecule has 0 aliphatic rings. The summed E-state index contributed by atoms with van der Waals surface area (Å²) in [4.78, 5) is 0. The lowest BCUT2D eigenvalue weighted by Gasteiger charge is -2.23. The van der Waals surface area contributed by atoms with Gasteiger partial charge < -0.3 is 4.57 Å². The Kier molecular flexibility index (Phi) is 3.13. The number of hydrogen-bond donors (Lipinski definition) is 0. The molecule has 2 rings (SSSR count). The first-order valence-corrected chi connectivity index (χ1v) is 7.21. The first-order valence-electron chi connectivity index (χ1n) is 6.42. The summed E-state index contributed by atoms with van der Waals surface area (Å²) in [5.74, 6) is 0. The highest BCUT2D eigenvalue weighted by Gasteiger charge is 2.24. The molecule has 1 heterocycles. The number of fused-ring (bicyclic) bond motifs is 1. The van der Waals surface area contributed by atoms with E-state index in [-0.39, 0.29) is 11.0 Å².